The molecule has 9 nitrogen and oxygen atoms in total. The summed E-state index contributed by atoms with van der Waals surface area (Å²) in [6, 6.07) is 12.1. The smallest absolute Gasteiger partial charge is 0.325 e. The Bertz CT molecular complexity index is 964. The minimum atomic E-state index is -0.957. The molecule has 4 rings (SSSR count). The van der Waals surface area contributed by atoms with Crippen LogP contribution in [0.4, 0.5) is 4.79 Å². The van der Waals surface area contributed by atoms with Gasteiger partial charge in [0.25, 0.3) is 5.91 Å². The summed E-state index contributed by atoms with van der Waals surface area (Å²) in [4.78, 5) is 38.4. The van der Waals surface area contributed by atoms with Gasteiger partial charge in [-0.3, -0.25) is 14.5 Å². The van der Waals surface area contributed by atoms with Crippen molar-refractivity contribution in [3.05, 3.63) is 59.7 Å². The van der Waals surface area contributed by atoms with Crippen molar-refractivity contribution in [1.29, 1.82) is 0 Å². The number of carbonyl (C=O) groups is 3. The van der Waals surface area contributed by atoms with Gasteiger partial charge < -0.3 is 25.2 Å². The number of amides is 4. The first-order chi connectivity index (χ1) is 14.5. The Balaban J connectivity index is 1.37. The molecule has 156 valence electrons. The molecule has 0 unspecified atom stereocenters. The topological polar surface area (TPSA) is 117 Å². The number of aliphatic hydroxyl groups is 1. The third-order valence-corrected chi connectivity index (χ3v) is 4.99. The summed E-state index contributed by atoms with van der Waals surface area (Å²) in [5.41, 5.74) is 1.46. The molecule has 30 heavy (non-hydrogen) atoms. The molecule has 3 N–H and O–H groups in total. The lowest BCUT2D eigenvalue weighted by Crippen LogP contribution is -2.38. The van der Waals surface area contributed by atoms with Crippen LogP contribution < -0.4 is 20.1 Å². The quantitative estimate of drug-likeness (QED) is 0.587. The van der Waals surface area contributed by atoms with Crippen LogP contribution in [0.3, 0.4) is 0 Å². The molecule has 1 fully saturated rings. The number of urea groups is 1. The number of fused-ring (bicyclic) bond motifs is 1. The van der Waals surface area contributed by atoms with E-state index in [1.54, 1.807) is 42.5 Å². The molecule has 0 aliphatic carbocycles. The van der Waals surface area contributed by atoms with Crippen LogP contribution in [0.1, 0.15) is 23.6 Å². The van der Waals surface area contributed by atoms with E-state index in [0.29, 0.717) is 17.1 Å². The minimum Gasteiger partial charge on any atom is -0.454 e. The number of benzene rings is 2. The van der Waals surface area contributed by atoms with Gasteiger partial charge in [-0.05, 0) is 23.3 Å². The van der Waals surface area contributed by atoms with Crippen molar-refractivity contribution < 1.29 is 29.0 Å². The van der Waals surface area contributed by atoms with Gasteiger partial charge in [-0.15, -0.1) is 0 Å². The van der Waals surface area contributed by atoms with Gasteiger partial charge in [0, 0.05) is 0 Å². The van der Waals surface area contributed by atoms with Gasteiger partial charge in [-0.25, -0.2) is 4.79 Å². The maximum atomic E-state index is 12.7. The molecule has 9 heteroatoms. The first kappa shape index (κ1) is 19.7. The molecule has 0 spiro atoms. The Morgan fingerprint density at radius 1 is 1.17 bits per heavy atom. The second-order valence-electron chi connectivity index (χ2n) is 7.03. The van der Waals surface area contributed by atoms with Gasteiger partial charge in [-0.2, -0.15) is 0 Å². The van der Waals surface area contributed by atoms with Crippen molar-refractivity contribution in [3.63, 3.8) is 0 Å². The summed E-state index contributed by atoms with van der Waals surface area (Å²) >= 11 is 0. The highest BCUT2D eigenvalue weighted by Crippen LogP contribution is 2.33. The van der Waals surface area contributed by atoms with E-state index < -0.39 is 29.9 Å². The monoisotopic (exact) mass is 411 g/mol. The maximum Gasteiger partial charge on any atom is 0.325 e. The maximum absolute atomic E-state index is 12.7. The largest absolute Gasteiger partial charge is 0.454 e. The van der Waals surface area contributed by atoms with Crippen molar-refractivity contribution in [3.8, 4) is 11.5 Å². The van der Waals surface area contributed by atoms with E-state index in [2.05, 4.69) is 10.6 Å². The number of ether oxygens (including phenoxy) is 2. The Labute approximate surface area is 172 Å². The van der Waals surface area contributed by atoms with Gasteiger partial charge in [0.15, 0.2) is 11.5 Å². The average Bonchev–Trinajstić information content (AvgIpc) is 3.32. The molecule has 2 aromatic carbocycles. The molecule has 2 aliphatic heterocycles. The number of hydrogen-bond acceptors (Lipinski definition) is 6. The van der Waals surface area contributed by atoms with Crippen molar-refractivity contribution >= 4 is 17.8 Å². The zero-order valence-corrected chi connectivity index (χ0v) is 16.0. The normalized spacial score (nSPS) is 18.3. The Morgan fingerprint density at radius 3 is 2.70 bits per heavy atom. The Kier molecular flexibility index (Phi) is 5.53. The molecule has 0 saturated carbocycles. The summed E-state index contributed by atoms with van der Waals surface area (Å²) in [5, 5.41) is 14.8. The first-order valence-electron chi connectivity index (χ1n) is 9.50. The molecule has 0 bridgehead atoms. The number of aliphatic hydroxyl groups excluding tert-OH is 1. The molecule has 2 aliphatic rings. The van der Waals surface area contributed by atoms with E-state index in [9.17, 15) is 19.5 Å². The molecule has 2 aromatic rings. The van der Waals surface area contributed by atoms with E-state index in [1.807, 2.05) is 6.07 Å². The number of carbonyl (C=O) groups excluding carboxylic acids is 3. The van der Waals surface area contributed by atoms with Crippen LogP contribution in [-0.4, -0.2) is 47.3 Å². The van der Waals surface area contributed by atoms with Crippen LogP contribution in [0.5, 0.6) is 11.5 Å². The lowest BCUT2D eigenvalue weighted by Gasteiger charge is -2.18. The van der Waals surface area contributed by atoms with Crippen LogP contribution in [0.15, 0.2) is 48.5 Å². The number of rotatable bonds is 7. The second-order valence-corrected chi connectivity index (χ2v) is 7.03. The van der Waals surface area contributed by atoms with Crippen LogP contribution >= 0.6 is 0 Å². The molecule has 0 aromatic heterocycles. The lowest BCUT2D eigenvalue weighted by atomic mass is 10.1. The van der Waals surface area contributed by atoms with Gasteiger partial charge in [0.05, 0.1) is 25.6 Å². The standard InChI is InChI=1S/C21H21N3O6/c25-11-16(14-4-2-1-3-5-14)22-19(26)9-15-20(27)24(21(28)23-15)10-13-6-7-17-18(8-13)30-12-29-17/h1-8,15-16,25H,9-12H2,(H,22,26)(H,23,28)/t15-,16-/m0/s1. The van der Waals surface area contributed by atoms with Crippen LogP contribution in [0.2, 0.25) is 0 Å². The molecule has 0 radical (unpaired) electrons. The minimum absolute atomic E-state index is 0.0582. The number of nitrogens with one attached hydrogen (secondary N) is 2. The summed E-state index contributed by atoms with van der Waals surface area (Å²) in [5.74, 6) is 0.253. The van der Waals surface area contributed by atoms with E-state index in [4.69, 9.17) is 9.47 Å². The van der Waals surface area contributed by atoms with Crippen LogP contribution in [0, 0.1) is 0 Å². The molecule has 2 atom stereocenters. The zero-order chi connectivity index (χ0) is 21.1. The molecule has 4 amide bonds. The molecular weight excluding hydrogens is 390 g/mol. The predicted octanol–water partition coefficient (Wildman–Crippen LogP) is 1.08. The number of nitrogens with zero attached hydrogens (tertiary/aromatic N) is 1. The number of imide groups is 1. The van der Waals surface area contributed by atoms with E-state index >= 15 is 0 Å². The SMILES string of the molecule is O=C(C[C@@H]1NC(=O)N(Cc2ccc3c(c2)OCO3)C1=O)N[C@@H](CO)c1ccccc1. The third-order valence-electron chi connectivity index (χ3n) is 4.99. The lowest BCUT2D eigenvalue weighted by molar-refractivity contribution is -0.131. The van der Waals surface area contributed by atoms with Crippen molar-refractivity contribution in [2.45, 2.75) is 25.0 Å². The highest BCUT2D eigenvalue weighted by atomic mass is 16.7. The van der Waals surface area contributed by atoms with E-state index in [1.165, 1.54) is 0 Å². The fraction of sp³-hybridized carbons (Fsp3) is 0.286. The van der Waals surface area contributed by atoms with E-state index in [-0.39, 0.29) is 26.4 Å². The van der Waals surface area contributed by atoms with E-state index in [0.717, 1.165) is 10.5 Å². The highest BCUT2D eigenvalue weighted by Gasteiger charge is 2.39. The second kappa shape index (κ2) is 8.42. The predicted molar refractivity (Wildman–Crippen MR) is 104 cm³/mol. The van der Waals surface area contributed by atoms with Gasteiger partial charge in [0.2, 0.25) is 12.7 Å². The van der Waals surface area contributed by atoms with Crippen molar-refractivity contribution in [1.82, 2.24) is 15.5 Å². The van der Waals surface area contributed by atoms with Gasteiger partial charge >= 0.3 is 6.03 Å². The fourth-order valence-electron chi connectivity index (χ4n) is 3.45. The summed E-state index contributed by atoms with van der Waals surface area (Å²) < 4.78 is 10.6. The summed E-state index contributed by atoms with van der Waals surface area (Å²) in [6.07, 6.45) is -0.217. The van der Waals surface area contributed by atoms with Gasteiger partial charge in [-0.1, -0.05) is 36.4 Å². The Hall–Kier alpha value is -3.59. The Morgan fingerprint density at radius 2 is 1.93 bits per heavy atom. The fourth-order valence-corrected chi connectivity index (χ4v) is 3.45. The van der Waals surface area contributed by atoms with Gasteiger partial charge in [0.1, 0.15) is 6.04 Å². The highest BCUT2D eigenvalue weighted by molar-refractivity contribution is 6.05. The molecule has 2 heterocycles. The average molecular weight is 411 g/mol. The zero-order valence-electron chi connectivity index (χ0n) is 16.0. The van der Waals surface area contributed by atoms with Crippen LogP contribution in [-0.2, 0) is 16.1 Å². The van der Waals surface area contributed by atoms with Crippen molar-refractivity contribution in [2.24, 2.45) is 0 Å². The molecular formula is C21H21N3O6. The van der Waals surface area contributed by atoms with Crippen LogP contribution in [0.25, 0.3) is 0 Å². The first-order valence-corrected chi connectivity index (χ1v) is 9.50. The van der Waals surface area contributed by atoms with Crippen molar-refractivity contribution in [2.75, 3.05) is 13.4 Å². The summed E-state index contributed by atoms with van der Waals surface area (Å²) in [7, 11) is 0. The molecule has 1 saturated heterocycles. The summed E-state index contributed by atoms with van der Waals surface area (Å²) in [6.45, 7) is -0.0867. The third kappa shape index (κ3) is 4.06. The number of hydrogen-bond donors (Lipinski definition) is 3.